The average molecular weight is 196 g/mol. The number of halogens is 1. The van der Waals surface area contributed by atoms with E-state index in [0.717, 1.165) is 24.9 Å². The Morgan fingerprint density at radius 2 is 2.00 bits per heavy atom. The quantitative estimate of drug-likeness (QED) is 0.516. The zero-order valence-corrected chi connectivity index (χ0v) is 8.59. The van der Waals surface area contributed by atoms with Crippen LogP contribution in [0.1, 0.15) is 25.3 Å². The predicted molar refractivity (Wildman–Crippen MR) is 58.6 cm³/mol. The second-order valence-corrected chi connectivity index (χ2v) is 3.25. The molecule has 0 heterocycles. The van der Waals surface area contributed by atoms with E-state index in [4.69, 9.17) is 11.6 Å². The molecule has 0 amide bonds. The summed E-state index contributed by atoms with van der Waals surface area (Å²) in [6, 6.07) is 9.84. The molecule has 1 aromatic rings. The van der Waals surface area contributed by atoms with Gasteiger partial charge in [0.1, 0.15) is 5.17 Å². The molecule has 0 radical (unpaired) electrons. The van der Waals surface area contributed by atoms with Gasteiger partial charge in [-0.15, -0.1) is 0 Å². The number of aliphatic imine (C=N–C) groups is 1. The number of rotatable bonds is 4. The van der Waals surface area contributed by atoms with Crippen LogP contribution in [0.3, 0.4) is 0 Å². The molecule has 0 saturated carbocycles. The summed E-state index contributed by atoms with van der Waals surface area (Å²) in [5.74, 6) is 0. The molecule has 70 valence electrons. The predicted octanol–water partition coefficient (Wildman–Crippen LogP) is 3.47. The maximum Gasteiger partial charge on any atom is 0.130 e. The van der Waals surface area contributed by atoms with Crippen molar-refractivity contribution in [2.45, 2.75) is 19.8 Å². The Morgan fingerprint density at radius 3 is 2.62 bits per heavy atom. The summed E-state index contributed by atoms with van der Waals surface area (Å²) in [7, 11) is 0. The molecule has 0 N–H and O–H groups in total. The van der Waals surface area contributed by atoms with Gasteiger partial charge in [0.2, 0.25) is 0 Å². The summed E-state index contributed by atoms with van der Waals surface area (Å²) in [4.78, 5) is 4.27. The molecule has 0 fully saturated rings. The molecule has 1 rings (SSSR count). The van der Waals surface area contributed by atoms with Crippen molar-refractivity contribution in [2.24, 2.45) is 4.99 Å². The third-order valence-electron chi connectivity index (χ3n) is 1.77. The van der Waals surface area contributed by atoms with Crippen molar-refractivity contribution >= 4 is 16.8 Å². The Hall–Kier alpha value is -0.820. The molecule has 0 aromatic heterocycles. The summed E-state index contributed by atoms with van der Waals surface area (Å²) < 4.78 is 0. The first-order valence-electron chi connectivity index (χ1n) is 4.60. The van der Waals surface area contributed by atoms with Gasteiger partial charge in [0, 0.05) is 12.1 Å². The van der Waals surface area contributed by atoms with Crippen LogP contribution in [0.5, 0.6) is 0 Å². The number of unbranched alkanes of at least 4 members (excludes halogenated alkanes) is 1. The van der Waals surface area contributed by atoms with Crippen LogP contribution in [-0.4, -0.2) is 11.7 Å². The number of nitrogens with zero attached hydrogens (tertiary/aromatic N) is 1. The lowest BCUT2D eigenvalue weighted by Gasteiger charge is -1.97. The van der Waals surface area contributed by atoms with Gasteiger partial charge < -0.3 is 0 Å². The molecular weight excluding hydrogens is 182 g/mol. The van der Waals surface area contributed by atoms with Gasteiger partial charge in [-0.3, -0.25) is 4.99 Å². The van der Waals surface area contributed by atoms with E-state index in [-0.39, 0.29) is 0 Å². The van der Waals surface area contributed by atoms with E-state index in [1.165, 1.54) is 0 Å². The molecule has 0 aliphatic rings. The Labute approximate surface area is 84.5 Å². The Morgan fingerprint density at radius 1 is 1.31 bits per heavy atom. The maximum absolute atomic E-state index is 5.99. The standard InChI is InChI=1S/C11H14ClN/c1-2-3-9-13-11(12)10-7-5-4-6-8-10/h4-8H,2-3,9H2,1H3. The number of benzene rings is 1. The van der Waals surface area contributed by atoms with E-state index in [9.17, 15) is 0 Å². The first kappa shape index (κ1) is 10.3. The topological polar surface area (TPSA) is 12.4 Å². The minimum atomic E-state index is 0.619. The molecule has 0 aliphatic carbocycles. The lowest BCUT2D eigenvalue weighted by atomic mass is 10.2. The molecule has 2 heteroatoms. The highest BCUT2D eigenvalue weighted by molar-refractivity contribution is 6.69. The average Bonchev–Trinajstić information content (AvgIpc) is 2.19. The third-order valence-corrected chi connectivity index (χ3v) is 2.11. The van der Waals surface area contributed by atoms with Gasteiger partial charge in [-0.25, -0.2) is 0 Å². The monoisotopic (exact) mass is 195 g/mol. The van der Waals surface area contributed by atoms with Gasteiger partial charge in [-0.05, 0) is 6.42 Å². The fourth-order valence-corrected chi connectivity index (χ4v) is 1.21. The summed E-state index contributed by atoms with van der Waals surface area (Å²) in [6.07, 6.45) is 2.26. The Balaban J connectivity index is 2.57. The van der Waals surface area contributed by atoms with Gasteiger partial charge in [-0.1, -0.05) is 55.3 Å². The van der Waals surface area contributed by atoms with Gasteiger partial charge in [0.15, 0.2) is 0 Å². The third kappa shape index (κ3) is 3.60. The van der Waals surface area contributed by atoms with Crippen LogP contribution in [0.15, 0.2) is 35.3 Å². The van der Waals surface area contributed by atoms with Gasteiger partial charge in [0.25, 0.3) is 0 Å². The van der Waals surface area contributed by atoms with Gasteiger partial charge >= 0.3 is 0 Å². The maximum atomic E-state index is 5.99. The Kier molecular flexibility index (Phi) is 4.55. The van der Waals surface area contributed by atoms with Crippen molar-refractivity contribution in [1.29, 1.82) is 0 Å². The molecule has 13 heavy (non-hydrogen) atoms. The van der Waals surface area contributed by atoms with Crippen molar-refractivity contribution in [3.05, 3.63) is 35.9 Å². The van der Waals surface area contributed by atoms with Crippen LogP contribution in [0.25, 0.3) is 0 Å². The lowest BCUT2D eigenvalue weighted by Crippen LogP contribution is -1.92. The molecule has 0 spiro atoms. The summed E-state index contributed by atoms with van der Waals surface area (Å²) in [6.45, 7) is 2.97. The van der Waals surface area contributed by atoms with E-state index < -0.39 is 0 Å². The fourth-order valence-electron chi connectivity index (χ4n) is 1.00. The second-order valence-electron chi connectivity index (χ2n) is 2.89. The van der Waals surface area contributed by atoms with E-state index in [1.807, 2.05) is 30.3 Å². The van der Waals surface area contributed by atoms with Crippen molar-refractivity contribution < 1.29 is 0 Å². The molecule has 0 bridgehead atoms. The van der Waals surface area contributed by atoms with E-state index in [2.05, 4.69) is 11.9 Å². The summed E-state index contributed by atoms with van der Waals surface area (Å²) in [5.41, 5.74) is 1.00. The SMILES string of the molecule is CCCCN=C(Cl)c1ccccc1. The molecule has 0 aliphatic heterocycles. The van der Waals surface area contributed by atoms with Crippen molar-refractivity contribution in [1.82, 2.24) is 0 Å². The summed E-state index contributed by atoms with van der Waals surface area (Å²) in [5, 5.41) is 0.619. The Bertz CT molecular complexity index is 267. The highest BCUT2D eigenvalue weighted by atomic mass is 35.5. The highest BCUT2D eigenvalue weighted by Gasteiger charge is 1.96. The highest BCUT2D eigenvalue weighted by Crippen LogP contribution is 2.05. The fraction of sp³-hybridized carbons (Fsp3) is 0.364. The molecular formula is C11H14ClN. The molecule has 0 atom stereocenters. The van der Waals surface area contributed by atoms with Crippen LogP contribution >= 0.6 is 11.6 Å². The summed E-state index contributed by atoms with van der Waals surface area (Å²) >= 11 is 5.99. The van der Waals surface area contributed by atoms with E-state index >= 15 is 0 Å². The zero-order valence-electron chi connectivity index (χ0n) is 7.83. The van der Waals surface area contributed by atoms with E-state index in [1.54, 1.807) is 0 Å². The van der Waals surface area contributed by atoms with Crippen molar-refractivity contribution in [3.8, 4) is 0 Å². The van der Waals surface area contributed by atoms with Crippen LogP contribution in [0.2, 0.25) is 0 Å². The molecule has 0 saturated heterocycles. The van der Waals surface area contributed by atoms with E-state index in [0.29, 0.717) is 5.17 Å². The number of hydrogen-bond donors (Lipinski definition) is 0. The van der Waals surface area contributed by atoms with Crippen LogP contribution < -0.4 is 0 Å². The van der Waals surface area contributed by atoms with Crippen LogP contribution in [-0.2, 0) is 0 Å². The number of hydrogen-bond acceptors (Lipinski definition) is 1. The lowest BCUT2D eigenvalue weighted by molar-refractivity contribution is 0.809. The van der Waals surface area contributed by atoms with Crippen molar-refractivity contribution in [3.63, 3.8) is 0 Å². The minimum Gasteiger partial charge on any atom is -0.273 e. The van der Waals surface area contributed by atoms with Gasteiger partial charge in [0.05, 0.1) is 0 Å². The van der Waals surface area contributed by atoms with Crippen LogP contribution in [0.4, 0.5) is 0 Å². The normalized spacial score (nSPS) is 11.7. The largest absolute Gasteiger partial charge is 0.273 e. The second kappa shape index (κ2) is 5.76. The zero-order chi connectivity index (χ0) is 9.52. The molecule has 1 aromatic carbocycles. The first-order chi connectivity index (χ1) is 6.34. The molecule has 0 unspecified atom stereocenters. The van der Waals surface area contributed by atoms with Crippen LogP contribution in [0, 0.1) is 0 Å². The smallest absolute Gasteiger partial charge is 0.130 e. The molecule has 1 nitrogen and oxygen atoms in total. The van der Waals surface area contributed by atoms with Crippen molar-refractivity contribution in [2.75, 3.05) is 6.54 Å². The first-order valence-corrected chi connectivity index (χ1v) is 4.97. The van der Waals surface area contributed by atoms with Gasteiger partial charge in [-0.2, -0.15) is 0 Å². The minimum absolute atomic E-state index is 0.619.